The van der Waals surface area contributed by atoms with Crippen molar-refractivity contribution in [3.63, 3.8) is 0 Å². The van der Waals surface area contributed by atoms with Crippen LogP contribution in [-0.2, 0) is 4.74 Å². The van der Waals surface area contributed by atoms with Gasteiger partial charge in [-0.3, -0.25) is 0 Å². The summed E-state index contributed by atoms with van der Waals surface area (Å²) in [5, 5.41) is 0. The zero-order chi connectivity index (χ0) is 11.9. The minimum Gasteiger partial charge on any atom is -0.491 e. The summed E-state index contributed by atoms with van der Waals surface area (Å²) in [5.74, 6) is 0.905. The lowest BCUT2D eigenvalue weighted by atomic mass is 9.93. The Bertz CT molecular complexity index is 275. The molecule has 0 unspecified atom stereocenters. The van der Waals surface area contributed by atoms with Gasteiger partial charge in [-0.2, -0.15) is 0 Å². The first-order valence-electron chi connectivity index (χ1n) is 5.83. The summed E-state index contributed by atoms with van der Waals surface area (Å²) >= 11 is 0. The Morgan fingerprint density at radius 1 is 0.938 bits per heavy atom. The highest BCUT2D eigenvalue weighted by atomic mass is 16.5. The molecular weight excluding hydrogens is 200 g/mol. The molecule has 16 heavy (non-hydrogen) atoms. The summed E-state index contributed by atoms with van der Waals surface area (Å²) in [4.78, 5) is 0. The average Bonchev–Trinajstić information content (AvgIpc) is 2.23. The van der Waals surface area contributed by atoms with E-state index in [-0.39, 0.29) is 0 Å². The smallest absolute Gasteiger partial charge is 0.119 e. The van der Waals surface area contributed by atoms with Crippen molar-refractivity contribution in [2.45, 2.75) is 27.2 Å². The lowest BCUT2D eigenvalue weighted by molar-refractivity contribution is 0.0819. The molecule has 1 aromatic rings. The van der Waals surface area contributed by atoms with E-state index in [0.29, 0.717) is 18.6 Å². The van der Waals surface area contributed by atoms with Gasteiger partial charge in [0.1, 0.15) is 12.4 Å². The van der Waals surface area contributed by atoms with Gasteiger partial charge in [0.15, 0.2) is 0 Å². The van der Waals surface area contributed by atoms with E-state index in [0.717, 1.165) is 18.8 Å². The lowest BCUT2D eigenvalue weighted by Gasteiger charge is -2.17. The normalized spacial score (nSPS) is 11.4. The zero-order valence-electron chi connectivity index (χ0n) is 10.5. The predicted octanol–water partition coefficient (Wildman–Crippen LogP) is 3.52. The molecule has 0 N–H and O–H groups in total. The lowest BCUT2D eigenvalue weighted by Crippen LogP contribution is -2.12. The summed E-state index contributed by atoms with van der Waals surface area (Å²) < 4.78 is 11.0. The summed E-state index contributed by atoms with van der Waals surface area (Å²) in [7, 11) is 0. The predicted molar refractivity (Wildman–Crippen MR) is 66.8 cm³/mol. The van der Waals surface area contributed by atoms with Gasteiger partial charge >= 0.3 is 0 Å². The van der Waals surface area contributed by atoms with Crippen LogP contribution in [-0.4, -0.2) is 19.8 Å². The molecule has 0 amide bonds. The molecule has 0 atom stereocenters. The van der Waals surface area contributed by atoms with Gasteiger partial charge in [-0.1, -0.05) is 39.0 Å². The Hall–Kier alpha value is -1.02. The van der Waals surface area contributed by atoms with E-state index >= 15 is 0 Å². The van der Waals surface area contributed by atoms with Crippen LogP contribution in [0.3, 0.4) is 0 Å². The molecule has 0 heterocycles. The SMILES string of the molecule is CC(C)(C)CCOCCOc1ccccc1. The minimum absolute atomic E-state index is 0.348. The Kier molecular flexibility index (Phi) is 5.33. The monoisotopic (exact) mass is 222 g/mol. The molecule has 0 aliphatic heterocycles. The third kappa shape index (κ3) is 6.46. The van der Waals surface area contributed by atoms with Crippen LogP contribution in [0.25, 0.3) is 0 Å². The van der Waals surface area contributed by atoms with E-state index < -0.39 is 0 Å². The molecule has 0 aliphatic rings. The Balaban J connectivity index is 2.01. The second-order valence-corrected chi connectivity index (χ2v) is 5.08. The third-order valence-electron chi connectivity index (χ3n) is 2.24. The molecule has 0 aliphatic carbocycles. The van der Waals surface area contributed by atoms with Crippen molar-refractivity contribution in [2.75, 3.05) is 19.8 Å². The van der Waals surface area contributed by atoms with Crippen LogP contribution in [0, 0.1) is 5.41 Å². The van der Waals surface area contributed by atoms with Gasteiger partial charge in [0.2, 0.25) is 0 Å². The van der Waals surface area contributed by atoms with Crippen LogP contribution in [0.2, 0.25) is 0 Å². The van der Waals surface area contributed by atoms with Gasteiger partial charge in [-0.25, -0.2) is 0 Å². The van der Waals surface area contributed by atoms with Crippen molar-refractivity contribution in [1.82, 2.24) is 0 Å². The first-order valence-corrected chi connectivity index (χ1v) is 5.83. The van der Waals surface area contributed by atoms with Crippen molar-refractivity contribution in [1.29, 1.82) is 0 Å². The van der Waals surface area contributed by atoms with Crippen LogP contribution >= 0.6 is 0 Å². The van der Waals surface area contributed by atoms with E-state index in [4.69, 9.17) is 9.47 Å². The molecule has 1 aromatic carbocycles. The van der Waals surface area contributed by atoms with E-state index in [2.05, 4.69) is 20.8 Å². The molecule has 0 saturated carbocycles. The molecule has 2 heteroatoms. The highest BCUT2D eigenvalue weighted by Gasteiger charge is 2.08. The van der Waals surface area contributed by atoms with Crippen molar-refractivity contribution in [3.05, 3.63) is 30.3 Å². The second kappa shape index (κ2) is 6.54. The topological polar surface area (TPSA) is 18.5 Å². The number of hydrogen-bond acceptors (Lipinski definition) is 2. The first kappa shape index (κ1) is 13.0. The number of hydrogen-bond donors (Lipinski definition) is 0. The van der Waals surface area contributed by atoms with Crippen LogP contribution in [0.5, 0.6) is 5.75 Å². The zero-order valence-corrected chi connectivity index (χ0v) is 10.5. The molecule has 90 valence electrons. The Morgan fingerprint density at radius 2 is 1.62 bits per heavy atom. The minimum atomic E-state index is 0.348. The van der Waals surface area contributed by atoms with Crippen molar-refractivity contribution >= 4 is 0 Å². The second-order valence-electron chi connectivity index (χ2n) is 5.08. The average molecular weight is 222 g/mol. The van der Waals surface area contributed by atoms with Crippen LogP contribution in [0.15, 0.2) is 30.3 Å². The Labute approximate surface area is 98.6 Å². The maximum Gasteiger partial charge on any atom is 0.119 e. The highest BCUT2D eigenvalue weighted by molar-refractivity contribution is 5.20. The molecule has 0 spiro atoms. The third-order valence-corrected chi connectivity index (χ3v) is 2.24. The van der Waals surface area contributed by atoms with Crippen LogP contribution in [0.1, 0.15) is 27.2 Å². The maximum absolute atomic E-state index is 5.51. The largest absolute Gasteiger partial charge is 0.491 e. The van der Waals surface area contributed by atoms with E-state index in [1.807, 2.05) is 30.3 Å². The number of para-hydroxylation sites is 1. The molecule has 0 bridgehead atoms. The molecular formula is C14H22O2. The number of ether oxygens (including phenoxy) is 2. The molecule has 0 saturated heterocycles. The van der Waals surface area contributed by atoms with Gasteiger partial charge < -0.3 is 9.47 Å². The summed E-state index contributed by atoms with van der Waals surface area (Å²) in [6.45, 7) is 8.74. The number of rotatable bonds is 6. The molecule has 0 aromatic heterocycles. The van der Waals surface area contributed by atoms with Gasteiger partial charge in [0, 0.05) is 6.61 Å². The molecule has 2 nitrogen and oxygen atoms in total. The van der Waals surface area contributed by atoms with Crippen LogP contribution < -0.4 is 4.74 Å². The molecule has 1 rings (SSSR count). The van der Waals surface area contributed by atoms with Crippen molar-refractivity contribution in [3.8, 4) is 5.75 Å². The van der Waals surface area contributed by atoms with Gasteiger partial charge in [-0.05, 0) is 24.0 Å². The van der Waals surface area contributed by atoms with Crippen molar-refractivity contribution < 1.29 is 9.47 Å². The van der Waals surface area contributed by atoms with Gasteiger partial charge in [0.25, 0.3) is 0 Å². The van der Waals surface area contributed by atoms with Gasteiger partial charge in [0.05, 0.1) is 6.61 Å². The molecule has 0 radical (unpaired) electrons. The van der Waals surface area contributed by atoms with E-state index in [1.165, 1.54) is 0 Å². The highest BCUT2D eigenvalue weighted by Crippen LogP contribution is 2.17. The summed E-state index contributed by atoms with van der Waals surface area (Å²) in [5.41, 5.74) is 0.348. The maximum atomic E-state index is 5.51. The quantitative estimate of drug-likeness (QED) is 0.686. The fourth-order valence-electron chi connectivity index (χ4n) is 1.22. The summed E-state index contributed by atoms with van der Waals surface area (Å²) in [6.07, 6.45) is 1.08. The first-order chi connectivity index (χ1) is 7.58. The summed E-state index contributed by atoms with van der Waals surface area (Å²) in [6, 6.07) is 9.82. The van der Waals surface area contributed by atoms with Crippen molar-refractivity contribution in [2.24, 2.45) is 5.41 Å². The fraction of sp³-hybridized carbons (Fsp3) is 0.571. The van der Waals surface area contributed by atoms with E-state index in [9.17, 15) is 0 Å². The fourth-order valence-corrected chi connectivity index (χ4v) is 1.22. The molecule has 0 fully saturated rings. The van der Waals surface area contributed by atoms with Gasteiger partial charge in [-0.15, -0.1) is 0 Å². The Morgan fingerprint density at radius 3 is 2.25 bits per heavy atom. The standard InChI is InChI=1S/C14H22O2/c1-14(2,3)9-10-15-11-12-16-13-7-5-4-6-8-13/h4-8H,9-12H2,1-3H3. The van der Waals surface area contributed by atoms with Crippen LogP contribution in [0.4, 0.5) is 0 Å². The number of benzene rings is 1. The van der Waals surface area contributed by atoms with E-state index in [1.54, 1.807) is 0 Å².